The Bertz CT molecular complexity index is 533. The molecular formula is C15H21IN2O2. The largest absolute Gasteiger partial charge is 0.370 e. The van der Waals surface area contributed by atoms with Gasteiger partial charge in [-0.2, -0.15) is 0 Å². The van der Waals surface area contributed by atoms with E-state index in [9.17, 15) is 4.79 Å². The Morgan fingerprint density at radius 3 is 2.65 bits per heavy atom. The van der Waals surface area contributed by atoms with Crippen molar-refractivity contribution in [1.29, 1.82) is 0 Å². The van der Waals surface area contributed by atoms with Gasteiger partial charge in [0.25, 0.3) is 5.56 Å². The van der Waals surface area contributed by atoms with Crippen LogP contribution in [-0.2, 0) is 4.74 Å². The third-order valence-corrected chi connectivity index (χ3v) is 5.36. The van der Waals surface area contributed by atoms with Gasteiger partial charge in [0.05, 0.1) is 9.26 Å². The number of rotatable bonds is 5. The van der Waals surface area contributed by atoms with E-state index in [2.05, 4.69) is 27.6 Å². The fourth-order valence-electron chi connectivity index (χ4n) is 3.12. The summed E-state index contributed by atoms with van der Waals surface area (Å²) < 4.78 is 6.60. The number of aromatic amines is 1. The molecule has 0 aliphatic heterocycles. The van der Waals surface area contributed by atoms with Gasteiger partial charge < -0.3 is 9.72 Å². The Morgan fingerprint density at radius 2 is 2.05 bits per heavy atom. The van der Waals surface area contributed by atoms with Crippen LogP contribution in [0.3, 0.4) is 0 Å². The van der Waals surface area contributed by atoms with Crippen LogP contribution < -0.4 is 5.56 Å². The molecule has 2 aliphatic rings. The summed E-state index contributed by atoms with van der Waals surface area (Å²) in [5.41, 5.74) is 1.01. The third kappa shape index (κ3) is 2.93. The summed E-state index contributed by atoms with van der Waals surface area (Å²) >= 11 is 2.14. The van der Waals surface area contributed by atoms with E-state index in [1.54, 1.807) is 0 Å². The van der Waals surface area contributed by atoms with Crippen LogP contribution in [0.25, 0.3) is 0 Å². The SMILES string of the molecule is CCOC(c1nc(C2CCCC2)c(I)c(=O)[nH]1)C1CC1. The van der Waals surface area contributed by atoms with Gasteiger partial charge in [0, 0.05) is 12.5 Å². The van der Waals surface area contributed by atoms with Crippen molar-refractivity contribution in [3.8, 4) is 0 Å². The van der Waals surface area contributed by atoms with E-state index in [0.717, 1.165) is 27.9 Å². The van der Waals surface area contributed by atoms with Gasteiger partial charge in [0.15, 0.2) is 0 Å². The molecule has 5 heteroatoms. The summed E-state index contributed by atoms with van der Waals surface area (Å²) in [5.74, 6) is 1.75. The maximum Gasteiger partial charge on any atom is 0.264 e. The number of halogens is 1. The van der Waals surface area contributed by atoms with Gasteiger partial charge in [-0.3, -0.25) is 4.79 Å². The molecule has 0 bridgehead atoms. The van der Waals surface area contributed by atoms with E-state index >= 15 is 0 Å². The molecule has 1 heterocycles. The van der Waals surface area contributed by atoms with Crippen molar-refractivity contribution in [2.45, 2.75) is 57.5 Å². The molecule has 20 heavy (non-hydrogen) atoms. The van der Waals surface area contributed by atoms with Gasteiger partial charge in [-0.05, 0) is 61.1 Å². The number of aromatic nitrogens is 2. The van der Waals surface area contributed by atoms with Crippen LogP contribution in [-0.4, -0.2) is 16.6 Å². The molecule has 0 saturated heterocycles. The fraction of sp³-hybridized carbons (Fsp3) is 0.733. The van der Waals surface area contributed by atoms with Crippen molar-refractivity contribution in [2.75, 3.05) is 6.61 Å². The van der Waals surface area contributed by atoms with Crippen LogP contribution in [0, 0.1) is 9.49 Å². The Hall–Kier alpha value is -0.430. The molecule has 0 amide bonds. The van der Waals surface area contributed by atoms with Gasteiger partial charge in [-0.1, -0.05) is 12.8 Å². The van der Waals surface area contributed by atoms with Crippen molar-refractivity contribution in [3.63, 3.8) is 0 Å². The Balaban J connectivity index is 1.96. The standard InChI is InChI=1S/C15H21IN2O2/c1-2-20-13(10-7-8-10)14-17-12(9-5-3-4-6-9)11(16)15(19)18-14/h9-10,13H,2-8H2,1H3,(H,17,18,19). The van der Waals surface area contributed by atoms with E-state index in [1.807, 2.05) is 6.92 Å². The molecule has 0 spiro atoms. The molecule has 1 unspecified atom stereocenters. The van der Waals surface area contributed by atoms with Gasteiger partial charge >= 0.3 is 0 Å². The Kier molecular flexibility index (Phi) is 4.45. The van der Waals surface area contributed by atoms with Crippen molar-refractivity contribution in [3.05, 3.63) is 25.4 Å². The highest BCUT2D eigenvalue weighted by Gasteiger charge is 2.35. The molecule has 1 aromatic heterocycles. The van der Waals surface area contributed by atoms with Crippen LogP contribution >= 0.6 is 22.6 Å². The number of nitrogens with one attached hydrogen (secondary N) is 1. The number of hydrogen-bond acceptors (Lipinski definition) is 3. The van der Waals surface area contributed by atoms with E-state index in [0.29, 0.717) is 18.4 Å². The van der Waals surface area contributed by atoms with Crippen molar-refractivity contribution in [1.82, 2.24) is 9.97 Å². The second-order valence-corrected chi connectivity index (χ2v) is 6.92. The first-order valence-corrected chi connectivity index (χ1v) is 8.69. The van der Waals surface area contributed by atoms with Gasteiger partial charge in [0.2, 0.25) is 0 Å². The Morgan fingerprint density at radius 1 is 1.35 bits per heavy atom. The van der Waals surface area contributed by atoms with Crippen molar-refractivity contribution >= 4 is 22.6 Å². The molecule has 2 fully saturated rings. The highest BCUT2D eigenvalue weighted by Crippen LogP contribution is 2.42. The normalized spacial score (nSPS) is 21.3. The summed E-state index contributed by atoms with van der Waals surface area (Å²) in [7, 11) is 0. The molecule has 110 valence electrons. The lowest BCUT2D eigenvalue weighted by Crippen LogP contribution is -2.23. The predicted octanol–water partition coefficient (Wildman–Crippen LogP) is 3.52. The lowest BCUT2D eigenvalue weighted by molar-refractivity contribution is 0.0396. The zero-order valence-electron chi connectivity index (χ0n) is 11.8. The van der Waals surface area contributed by atoms with Crippen LogP contribution in [0.15, 0.2) is 4.79 Å². The summed E-state index contributed by atoms with van der Waals surface area (Å²) in [6.45, 7) is 2.66. The summed E-state index contributed by atoms with van der Waals surface area (Å²) in [6, 6.07) is 0. The predicted molar refractivity (Wildman–Crippen MR) is 85.9 cm³/mol. The molecule has 1 N–H and O–H groups in total. The summed E-state index contributed by atoms with van der Waals surface area (Å²) in [5, 5.41) is 0. The lowest BCUT2D eigenvalue weighted by Gasteiger charge is -2.18. The first-order valence-electron chi connectivity index (χ1n) is 7.62. The molecule has 1 aromatic rings. The zero-order chi connectivity index (χ0) is 14.1. The minimum atomic E-state index is -0.0233. The maximum atomic E-state index is 12.2. The first-order chi connectivity index (χ1) is 9.70. The second kappa shape index (κ2) is 6.13. The Labute approximate surface area is 132 Å². The van der Waals surface area contributed by atoms with E-state index in [-0.39, 0.29) is 11.7 Å². The van der Waals surface area contributed by atoms with E-state index in [1.165, 1.54) is 25.7 Å². The van der Waals surface area contributed by atoms with Crippen LogP contribution in [0.1, 0.15) is 69.0 Å². The topological polar surface area (TPSA) is 55.0 Å². The summed E-state index contributed by atoms with van der Waals surface area (Å²) in [4.78, 5) is 20.0. The first kappa shape index (κ1) is 14.5. The molecule has 2 saturated carbocycles. The molecular weight excluding hydrogens is 367 g/mol. The number of H-pyrrole nitrogens is 1. The zero-order valence-corrected chi connectivity index (χ0v) is 14.0. The monoisotopic (exact) mass is 388 g/mol. The smallest absolute Gasteiger partial charge is 0.264 e. The van der Waals surface area contributed by atoms with Gasteiger partial charge in [0.1, 0.15) is 11.9 Å². The van der Waals surface area contributed by atoms with Crippen LogP contribution in [0.5, 0.6) is 0 Å². The highest BCUT2D eigenvalue weighted by atomic mass is 127. The van der Waals surface area contributed by atoms with Crippen LogP contribution in [0.4, 0.5) is 0 Å². The lowest BCUT2D eigenvalue weighted by atomic mass is 10.0. The van der Waals surface area contributed by atoms with E-state index < -0.39 is 0 Å². The van der Waals surface area contributed by atoms with Crippen molar-refractivity contribution < 1.29 is 4.74 Å². The maximum absolute atomic E-state index is 12.2. The number of nitrogens with zero attached hydrogens (tertiary/aromatic N) is 1. The van der Waals surface area contributed by atoms with Gasteiger partial charge in [-0.15, -0.1) is 0 Å². The quantitative estimate of drug-likeness (QED) is 0.786. The highest BCUT2D eigenvalue weighted by molar-refractivity contribution is 14.1. The molecule has 3 rings (SSSR count). The molecule has 0 radical (unpaired) electrons. The van der Waals surface area contributed by atoms with Gasteiger partial charge in [-0.25, -0.2) is 4.98 Å². The minimum Gasteiger partial charge on any atom is -0.370 e. The third-order valence-electron chi connectivity index (χ3n) is 4.31. The molecule has 2 aliphatic carbocycles. The second-order valence-electron chi connectivity index (χ2n) is 5.85. The summed E-state index contributed by atoms with van der Waals surface area (Å²) in [6.07, 6.45) is 7.16. The van der Waals surface area contributed by atoms with E-state index in [4.69, 9.17) is 9.72 Å². The fourth-order valence-corrected chi connectivity index (χ4v) is 3.81. The average Bonchev–Trinajstić information content (AvgIpc) is 3.13. The number of ether oxygens (including phenoxy) is 1. The van der Waals surface area contributed by atoms with Crippen molar-refractivity contribution in [2.24, 2.45) is 5.92 Å². The minimum absolute atomic E-state index is 0.00264. The number of hydrogen-bond donors (Lipinski definition) is 1. The molecule has 1 atom stereocenters. The molecule has 4 nitrogen and oxygen atoms in total. The van der Waals surface area contributed by atoms with Crippen LogP contribution in [0.2, 0.25) is 0 Å². The average molecular weight is 388 g/mol. The molecule has 0 aromatic carbocycles.